The molecule has 4 aromatic carbocycles. The fourth-order valence-corrected chi connectivity index (χ4v) is 5.42. The van der Waals surface area contributed by atoms with E-state index in [1.54, 1.807) is 0 Å². The Labute approximate surface area is 198 Å². The third kappa shape index (κ3) is 4.33. The van der Waals surface area contributed by atoms with Gasteiger partial charge in [0.25, 0.3) is 0 Å². The zero-order valence-electron chi connectivity index (χ0n) is 19.8. The summed E-state index contributed by atoms with van der Waals surface area (Å²) in [6.45, 7) is 4.28. The Morgan fingerprint density at radius 3 is 1.39 bits per heavy atom. The van der Waals surface area contributed by atoms with E-state index in [0.29, 0.717) is 0 Å². The first-order valence-corrected chi connectivity index (χ1v) is 12.3. The van der Waals surface area contributed by atoms with Gasteiger partial charge in [-0.25, -0.2) is 0 Å². The van der Waals surface area contributed by atoms with Crippen molar-refractivity contribution in [2.75, 3.05) is 4.90 Å². The van der Waals surface area contributed by atoms with Crippen LogP contribution in [-0.2, 0) is 5.41 Å². The van der Waals surface area contributed by atoms with Crippen molar-refractivity contribution in [3.63, 3.8) is 0 Å². The highest BCUT2D eigenvalue weighted by Gasteiger charge is 2.35. The second-order valence-corrected chi connectivity index (χ2v) is 9.56. The molecule has 0 unspecified atom stereocenters. The van der Waals surface area contributed by atoms with Gasteiger partial charge >= 0.3 is 0 Å². The van der Waals surface area contributed by atoms with Crippen LogP contribution in [0.25, 0.3) is 0 Å². The predicted octanol–water partition coefficient (Wildman–Crippen LogP) is 9.02. The molecular weight excluding hydrogens is 398 g/mol. The van der Waals surface area contributed by atoms with Crippen molar-refractivity contribution in [2.24, 2.45) is 0 Å². The van der Waals surface area contributed by atoms with E-state index in [-0.39, 0.29) is 5.41 Å². The molecule has 1 saturated carbocycles. The highest BCUT2D eigenvalue weighted by molar-refractivity contribution is 5.76. The lowest BCUT2D eigenvalue weighted by molar-refractivity contribution is 0.346. The molecule has 0 aliphatic heterocycles. The number of rotatable bonds is 5. The lowest BCUT2D eigenvalue weighted by atomic mass is 9.65. The van der Waals surface area contributed by atoms with Crippen LogP contribution in [0.4, 0.5) is 17.1 Å². The fraction of sp³-hybridized carbons (Fsp3) is 0.250. The third-order valence-electron chi connectivity index (χ3n) is 7.30. The quantitative estimate of drug-likeness (QED) is 0.305. The van der Waals surface area contributed by atoms with Gasteiger partial charge in [0.05, 0.1) is 0 Å². The van der Waals surface area contributed by atoms with Gasteiger partial charge in [0.1, 0.15) is 0 Å². The molecule has 0 aromatic heterocycles. The molecule has 0 amide bonds. The second kappa shape index (κ2) is 9.27. The molecular formula is C32H33N. The van der Waals surface area contributed by atoms with Crippen LogP contribution in [0.15, 0.2) is 103 Å². The summed E-state index contributed by atoms with van der Waals surface area (Å²) in [6.07, 6.45) is 6.41. The number of anilines is 3. The van der Waals surface area contributed by atoms with Crippen LogP contribution in [0.3, 0.4) is 0 Å². The van der Waals surface area contributed by atoms with E-state index >= 15 is 0 Å². The van der Waals surface area contributed by atoms with Crippen LogP contribution in [0, 0.1) is 13.8 Å². The van der Waals surface area contributed by atoms with Gasteiger partial charge in [-0.15, -0.1) is 0 Å². The van der Waals surface area contributed by atoms with Gasteiger partial charge in [-0.2, -0.15) is 0 Å². The molecule has 1 aliphatic rings. The van der Waals surface area contributed by atoms with Crippen LogP contribution in [0.5, 0.6) is 0 Å². The van der Waals surface area contributed by atoms with Crippen molar-refractivity contribution < 1.29 is 0 Å². The molecule has 0 radical (unpaired) electrons. The Morgan fingerprint density at radius 1 is 0.485 bits per heavy atom. The van der Waals surface area contributed by atoms with Crippen molar-refractivity contribution in [2.45, 2.75) is 51.4 Å². The molecule has 33 heavy (non-hydrogen) atoms. The summed E-state index contributed by atoms with van der Waals surface area (Å²) in [5, 5.41) is 0. The Balaban J connectivity index is 1.56. The molecule has 166 valence electrons. The number of nitrogens with zero attached hydrogens (tertiary/aromatic N) is 1. The topological polar surface area (TPSA) is 3.24 Å². The van der Waals surface area contributed by atoms with E-state index in [2.05, 4.69) is 122 Å². The summed E-state index contributed by atoms with van der Waals surface area (Å²) < 4.78 is 0. The molecule has 4 aromatic rings. The van der Waals surface area contributed by atoms with Crippen molar-refractivity contribution >= 4 is 17.1 Å². The lowest BCUT2D eigenvalue weighted by Gasteiger charge is -2.39. The predicted molar refractivity (Wildman–Crippen MR) is 141 cm³/mol. The van der Waals surface area contributed by atoms with E-state index in [4.69, 9.17) is 0 Å². The van der Waals surface area contributed by atoms with Crippen LogP contribution in [0.2, 0.25) is 0 Å². The van der Waals surface area contributed by atoms with Crippen LogP contribution in [-0.4, -0.2) is 0 Å². The summed E-state index contributed by atoms with van der Waals surface area (Å²) in [7, 11) is 0. The van der Waals surface area contributed by atoms with Crippen LogP contribution in [0.1, 0.15) is 54.4 Å². The van der Waals surface area contributed by atoms with Gasteiger partial charge in [-0.3, -0.25) is 0 Å². The van der Waals surface area contributed by atoms with Gasteiger partial charge in [0.15, 0.2) is 0 Å². The first-order chi connectivity index (χ1) is 16.2. The lowest BCUT2D eigenvalue weighted by Crippen LogP contribution is -2.30. The summed E-state index contributed by atoms with van der Waals surface area (Å²) in [5.74, 6) is 0. The van der Waals surface area contributed by atoms with E-state index in [9.17, 15) is 0 Å². The maximum absolute atomic E-state index is 2.38. The molecule has 1 fully saturated rings. The highest BCUT2D eigenvalue weighted by atomic mass is 15.1. The minimum absolute atomic E-state index is 0.136. The van der Waals surface area contributed by atoms with Crippen LogP contribution < -0.4 is 4.90 Å². The average Bonchev–Trinajstić information content (AvgIpc) is 2.88. The van der Waals surface area contributed by atoms with Gasteiger partial charge in [0, 0.05) is 22.5 Å². The average molecular weight is 432 g/mol. The summed E-state index contributed by atoms with van der Waals surface area (Å²) in [4.78, 5) is 2.36. The fourth-order valence-electron chi connectivity index (χ4n) is 5.42. The molecule has 0 heterocycles. The number of benzene rings is 4. The van der Waals surface area contributed by atoms with E-state index in [1.165, 1.54) is 71.4 Å². The molecule has 0 bridgehead atoms. The minimum Gasteiger partial charge on any atom is -0.311 e. The first-order valence-electron chi connectivity index (χ1n) is 12.3. The molecule has 1 nitrogen and oxygen atoms in total. The zero-order chi connectivity index (χ0) is 22.7. The number of hydrogen-bond donors (Lipinski definition) is 0. The molecule has 0 N–H and O–H groups in total. The zero-order valence-corrected chi connectivity index (χ0v) is 19.8. The van der Waals surface area contributed by atoms with Gasteiger partial charge in [0.2, 0.25) is 0 Å². The normalized spacial score (nSPS) is 15.2. The SMILES string of the molecule is Cc1ccc(N(c2ccc(C)cc2)c2ccc(C3(c4ccccc4)CCCCC3)cc2)cc1. The van der Waals surface area contributed by atoms with Crippen molar-refractivity contribution in [3.8, 4) is 0 Å². The Hall–Kier alpha value is -3.32. The second-order valence-electron chi connectivity index (χ2n) is 9.56. The summed E-state index contributed by atoms with van der Waals surface area (Å²) in [6, 6.07) is 38.2. The maximum Gasteiger partial charge on any atom is 0.0461 e. The van der Waals surface area contributed by atoms with Gasteiger partial charge in [-0.1, -0.05) is 97.1 Å². The van der Waals surface area contributed by atoms with Gasteiger partial charge < -0.3 is 4.90 Å². The first kappa shape index (κ1) is 21.5. The van der Waals surface area contributed by atoms with Crippen molar-refractivity contribution in [1.82, 2.24) is 0 Å². The molecule has 5 rings (SSSR count). The van der Waals surface area contributed by atoms with E-state index < -0.39 is 0 Å². The molecule has 1 aliphatic carbocycles. The molecule has 1 heteroatoms. The van der Waals surface area contributed by atoms with E-state index in [1.807, 2.05) is 0 Å². The Morgan fingerprint density at radius 2 is 0.909 bits per heavy atom. The monoisotopic (exact) mass is 431 g/mol. The third-order valence-corrected chi connectivity index (χ3v) is 7.30. The minimum atomic E-state index is 0.136. The van der Waals surface area contributed by atoms with Crippen molar-refractivity contribution in [3.05, 3.63) is 125 Å². The summed E-state index contributed by atoms with van der Waals surface area (Å²) >= 11 is 0. The summed E-state index contributed by atoms with van der Waals surface area (Å²) in [5.41, 5.74) is 9.18. The molecule has 0 saturated heterocycles. The Kier molecular flexibility index (Phi) is 6.05. The smallest absolute Gasteiger partial charge is 0.0461 e. The number of aryl methyl sites for hydroxylation is 2. The maximum atomic E-state index is 2.38. The molecule has 0 spiro atoms. The molecule has 0 atom stereocenters. The van der Waals surface area contributed by atoms with Crippen LogP contribution >= 0.6 is 0 Å². The standard InChI is InChI=1S/C32H33N/c1-25-11-17-29(18-12-25)33(30-19-13-26(2)14-20-30)31-21-15-28(16-22-31)32(23-7-4-8-24-32)27-9-5-3-6-10-27/h3,5-6,9-22H,4,7-8,23-24H2,1-2H3. The highest BCUT2D eigenvalue weighted by Crippen LogP contribution is 2.45. The largest absolute Gasteiger partial charge is 0.311 e. The van der Waals surface area contributed by atoms with E-state index in [0.717, 1.165) is 0 Å². The van der Waals surface area contributed by atoms with Crippen molar-refractivity contribution in [1.29, 1.82) is 0 Å². The Bertz CT molecular complexity index is 1120. The number of hydrogen-bond acceptors (Lipinski definition) is 1. The van der Waals surface area contributed by atoms with Gasteiger partial charge in [-0.05, 0) is 74.2 Å².